The number of allylic oxidation sites excluding steroid dienone is 1. The Hall–Kier alpha value is -2.66. The maximum Gasteiger partial charge on any atom is 0.161 e. The molecule has 2 aromatic rings. The van der Waals surface area contributed by atoms with Gasteiger partial charge in [0.05, 0.1) is 14.2 Å². The molecule has 2 aromatic carbocycles. The molecule has 0 amide bonds. The molecule has 2 aliphatic rings. The van der Waals surface area contributed by atoms with Crippen molar-refractivity contribution in [2.45, 2.75) is 25.3 Å². The van der Waals surface area contributed by atoms with Crippen LogP contribution < -0.4 is 14.8 Å². The van der Waals surface area contributed by atoms with Crippen molar-refractivity contribution in [3.05, 3.63) is 76.5 Å². The zero-order valence-electron chi connectivity index (χ0n) is 17.1. The van der Waals surface area contributed by atoms with Gasteiger partial charge in [-0.15, -0.1) is 0 Å². The van der Waals surface area contributed by atoms with E-state index in [-0.39, 0.29) is 6.04 Å². The summed E-state index contributed by atoms with van der Waals surface area (Å²) in [7, 11) is 3.39. The Labute approximate surface area is 176 Å². The molecule has 150 valence electrons. The van der Waals surface area contributed by atoms with Crippen LogP contribution in [0.1, 0.15) is 36.4 Å². The van der Waals surface area contributed by atoms with E-state index in [1.807, 2.05) is 24.3 Å². The van der Waals surface area contributed by atoms with Crippen molar-refractivity contribution >= 4 is 23.0 Å². The van der Waals surface area contributed by atoms with Gasteiger partial charge in [-0.25, -0.2) is 4.99 Å². The number of benzene rings is 2. The van der Waals surface area contributed by atoms with E-state index in [0.29, 0.717) is 0 Å². The Morgan fingerprint density at radius 1 is 0.966 bits per heavy atom. The lowest BCUT2D eigenvalue weighted by Crippen LogP contribution is -2.30. The van der Waals surface area contributed by atoms with Gasteiger partial charge in [-0.3, -0.25) is 0 Å². The molecule has 0 saturated carbocycles. The third-order valence-electron chi connectivity index (χ3n) is 5.42. The van der Waals surface area contributed by atoms with Gasteiger partial charge in [-0.2, -0.15) is 0 Å². The smallest absolute Gasteiger partial charge is 0.161 e. The molecule has 0 spiro atoms. The van der Waals surface area contributed by atoms with Crippen LogP contribution in [0, 0.1) is 0 Å². The lowest BCUT2D eigenvalue weighted by molar-refractivity contribution is 0.414. The summed E-state index contributed by atoms with van der Waals surface area (Å²) in [6, 6.07) is 16.6. The lowest BCUT2D eigenvalue weighted by Gasteiger charge is -2.32. The van der Waals surface area contributed by atoms with Crippen molar-refractivity contribution in [3.63, 3.8) is 0 Å². The normalized spacial score (nSPS) is 20.0. The highest BCUT2D eigenvalue weighted by atomic mass is 32.2. The summed E-state index contributed by atoms with van der Waals surface area (Å²) in [6.07, 6.45) is 7.62. The first-order valence-electron chi connectivity index (χ1n) is 9.82. The van der Waals surface area contributed by atoms with E-state index >= 15 is 0 Å². The standard InChI is InChI=1S/C24H26N2O2S/c1-27-19-11-7-16(8-12-19)15-18-5-4-6-21-22(25-24(29-3)26-23(18)21)17-9-13-20(28-2)14-10-17/h7-15,22H,4-6H2,1-3H3,(H,25,26)/b18-15+/t22-/m1/s1. The Balaban J connectivity index is 1.72. The molecule has 0 saturated heterocycles. The van der Waals surface area contributed by atoms with Crippen molar-refractivity contribution < 1.29 is 9.47 Å². The van der Waals surface area contributed by atoms with Gasteiger partial charge in [0.15, 0.2) is 5.17 Å². The molecule has 0 unspecified atom stereocenters. The Kier molecular flexibility index (Phi) is 5.95. The maximum absolute atomic E-state index is 5.32. The number of hydrogen-bond acceptors (Lipinski definition) is 5. The molecule has 29 heavy (non-hydrogen) atoms. The van der Waals surface area contributed by atoms with E-state index < -0.39 is 0 Å². The predicted molar refractivity (Wildman–Crippen MR) is 122 cm³/mol. The van der Waals surface area contributed by atoms with Gasteiger partial charge in [-0.05, 0) is 78.1 Å². The van der Waals surface area contributed by atoms with Crippen LogP contribution in [0.5, 0.6) is 11.5 Å². The Morgan fingerprint density at radius 2 is 1.62 bits per heavy atom. The Bertz CT molecular complexity index is 959. The average Bonchev–Trinajstić information content (AvgIpc) is 2.79. The van der Waals surface area contributed by atoms with Crippen LogP contribution >= 0.6 is 11.8 Å². The van der Waals surface area contributed by atoms with E-state index in [9.17, 15) is 0 Å². The first-order valence-corrected chi connectivity index (χ1v) is 11.0. The monoisotopic (exact) mass is 406 g/mol. The van der Waals surface area contributed by atoms with E-state index in [1.54, 1.807) is 26.0 Å². The van der Waals surface area contributed by atoms with Crippen LogP contribution in [0.15, 0.2) is 70.4 Å². The van der Waals surface area contributed by atoms with Crippen molar-refractivity contribution in [2.24, 2.45) is 4.99 Å². The third-order valence-corrected chi connectivity index (χ3v) is 6.02. The van der Waals surface area contributed by atoms with Crippen molar-refractivity contribution in [2.75, 3.05) is 20.5 Å². The second-order valence-electron chi connectivity index (χ2n) is 7.14. The SMILES string of the molecule is COc1ccc(/C=C2\CCCC3=C2NC(SC)=N[C@@H]3c2ccc(OC)cc2)cc1. The zero-order valence-corrected chi connectivity index (χ0v) is 17.9. The van der Waals surface area contributed by atoms with Gasteiger partial charge in [0, 0.05) is 5.70 Å². The minimum atomic E-state index is 0.0548. The van der Waals surface area contributed by atoms with E-state index in [4.69, 9.17) is 14.5 Å². The summed E-state index contributed by atoms with van der Waals surface area (Å²) >= 11 is 1.66. The second-order valence-corrected chi connectivity index (χ2v) is 7.93. The summed E-state index contributed by atoms with van der Waals surface area (Å²) in [5.74, 6) is 1.75. The maximum atomic E-state index is 5.32. The molecular weight excluding hydrogens is 380 g/mol. The summed E-state index contributed by atoms with van der Waals surface area (Å²) in [5, 5.41) is 4.56. The van der Waals surface area contributed by atoms with E-state index in [0.717, 1.165) is 35.9 Å². The second kappa shape index (κ2) is 8.78. The number of amidine groups is 1. The molecule has 0 aromatic heterocycles. The topological polar surface area (TPSA) is 42.8 Å². The van der Waals surface area contributed by atoms with Crippen molar-refractivity contribution in [1.29, 1.82) is 0 Å². The van der Waals surface area contributed by atoms with Crippen LogP contribution in [0.25, 0.3) is 6.08 Å². The van der Waals surface area contributed by atoms with Crippen molar-refractivity contribution in [1.82, 2.24) is 5.32 Å². The molecule has 1 atom stereocenters. The van der Waals surface area contributed by atoms with E-state index in [2.05, 4.69) is 41.9 Å². The first kappa shape index (κ1) is 19.6. The molecule has 1 aliphatic carbocycles. The fourth-order valence-corrected chi connectivity index (χ4v) is 4.32. The number of ether oxygens (including phenoxy) is 2. The van der Waals surface area contributed by atoms with Gasteiger partial charge in [0.2, 0.25) is 0 Å². The largest absolute Gasteiger partial charge is 0.497 e. The fraction of sp³-hybridized carbons (Fsp3) is 0.292. The van der Waals surface area contributed by atoms with Crippen LogP contribution in [-0.2, 0) is 0 Å². The molecule has 4 rings (SSSR count). The van der Waals surface area contributed by atoms with Crippen LogP contribution in [0.4, 0.5) is 0 Å². The number of rotatable bonds is 4. The van der Waals surface area contributed by atoms with E-state index in [1.165, 1.54) is 28.0 Å². The summed E-state index contributed by atoms with van der Waals surface area (Å²) in [6.45, 7) is 0. The number of hydrogen-bond donors (Lipinski definition) is 1. The molecular formula is C24H26N2O2S. The molecule has 4 nitrogen and oxygen atoms in total. The van der Waals surface area contributed by atoms with Gasteiger partial charge in [-0.1, -0.05) is 36.0 Å². The molecule has 1 N–H and O–H groups in total. The highest BCUT2D eigenvalue weighted by Crippen LogP contribution is 2.41. The molecule has 1 aliphatic heterocycles. The summed E-state index contributed by atoms with van der Waals surface area (Å²) in [5.41, 5.74) is 6.35. The van der Waals surface area contributed by atoms with Gasteiger partial charge < -0.3 is 14.8 Å². The minimum absolute atomic E-state index is 0.0548. The van der Waals surface area contributed by atoms with Crippen LogP contribution in [0.3, 0.4) is 0 Å². The first-order chi connectivity index (χ1) is 14.2. The Morgan fingerprint density at radius 3 is 2.24 bits per heavy atom. The minimum Gasteiger partial charge on any atom is -0.497 e. The number of methoxy groups -OCH3 is 2. The number of nitrogens with zero attached hydrogens (tertiary/aromatic N) is 1. The van der Waals surface area contributed by atoms with Gasteiger partial charge >= 0.3 is 0 Å². The van der Waals surface area contributed by atoms with Gasteiger partial charge in [0.25, 0.3) is 0 Å². The summed E-state index contributed by atoms with van der Waals surface area (Å²) in [4.78, 5) is 5.00. The van der Waals surface area contributed by atoms with Crippen molar-refractivity contribution in [3.8, 4) is 11.5 Å². The molecule has 0 fully saturated rings. The number of nitrogens with one attached hydrogen (secondary N) is 1. The van der Waals surface area contributed by atoms with Gasteiger partial charge in [0.1, 0.15) is 17.5 Å². The fourth-order valence-electron chi connectivity index (χ4n) is 3.91. The highest BCUT2D eigenvalue weighted by Gasteiger charge is 2.29. The zero-order chi connectivity index (χ0) is 20.2. The lowest BCUT2D eigenvalue weighted by atomic mass is 9.84. The quantitative estimate of drug-likeness (QED) is 0.719. The summed E-state index contributed by atoms with van der Waals surface area (Å²) < 4.78 is 10.6. The average molecular weight is 407 g/mol. The molecule has 5 heteroatoms. The van der Waals surface area contributed by atoms with Crippen LogP contribution in [-0.4, -0.2) is 25.6 Å². The highest BCUT2D eigenvalue weighted by molar-refractivity contribution is 8.13. The number of aliphatic imine (C=N–C) groups is 1. The molecule has 0 bridgehead atoms. The molecule has 1 heterocycles. The predicted octanol–water partition coefficient (Wildman–Crippen LogP) is 5.59. The van der Waals surface area contributed by atoms with Crippen LogP contribution in [0.2, 0.25) is 0 Å². The third kappa shape index (κ3) is 4.20. The number of thioether (sulfide) groups is 1. The molecule has 0 radical (unpaired) electrons.